The first-order valence-electron chi connectivity index (χ1n) is 34.4. The molecule has 6 atom stereocenters. The van der Waals surface area contributed by atoms with Gasteiger partial charge >= 0.3 is 35.8 Å². The molecule has 3 fully saturated rings. The topological polar surface area (TPSA) is 312 Å². The number of hydrogen-bond donors (Lipinski definition) is 6. The van der Waals surface area contributed by atoms with E-state index in [-0.39, 0.29) is 128 Å². The van der Waals surface area contributed by atoms with Gasteiger partial charge in [-0.25, -0.2) is 64.5 Å². The lowest BCUT2D eigenvalue weighted by molar-refractivity contribution is -0.139. The summed E-state index contributed by atoms with van der Waals surface area (Å²) in [5.74, 6) is -14.5. The number of likely N-dealkylation sites (tertiary alicyclic amines) is 3. The molecule has 110 heavy (non-hydrogen) atoms. The minimum Gasteiger partial charge on any atom is -0.481 e. The molecule has 0 amide bonds. The molecular weight excluding hydrogens is 1580 g/mol. The SMILES string of the molecule is CCOC(=O)C1=C(CN2CC(F)(F)C[C@@H]2CCC(=O)O)NC(c2nccs2)=N[C@H]1c1ccc(F)cc1Cl.CCOC(=O)C1=C(CN2CC(F)(F)C[C@H]2CCC(=O)O)NC(c2nccs2)=N[C@H]1c1ccc(F)cc1Cl.CCOC(=O)C1=C(CN2CC(F)(F)C[C@H]2CCC(=O)O)NC(c2nccs2)=N[C@H]1c1ccccc1Cl. The third-order valence-corrected chi connectivity index (χ3v) is 21.4. The first-order chi connectivity index (χ1) is 52.3. The number of aliphatic imine (C=N–C) groups is 3. The standard InChI is InChI=1S/2C24H24ClF3N4O4S.C24H25ClF2N4O4S/c2*1-2-36-23(35)19-17(11-32-12-24(27,28)10-14(32)4-6-18(33)34)30-21(22-29-7-8-37-22)31-20(19)15-5-3-13(26)9-16(15)25;1-2-35-23(34)19-17(12-31-13-24(26,27)11-14(31)7-8-18(32)33)29-21(22-28-9-10-36-22)30-20(19)15-5-3-4-6-16(15)25/h2*3,5,7-9,14,20H,2,4,6,10-12H2,1H3,(H,30,31)(H,33,34);3-6,9-10,14,20H,2,7-8,11-13H2,1H3,(H,29,30)(H,32,33)/t14-,20+;14-,20-;14-,20+/m101/s1. The number of ether oxygens (including phenoxy) is 3. The molecule has 3 aromatic carbocycles. The van der Waals surface area contributed by atoms with Gasteiger partial charge in [-0.15, -0.1) is 34.0 Å². The molecule has 12 rings (SSSR count). The number of rotatable bonds is 27. The summed E-state index contributed by atoms with van der Waals surface area (Å²) in [5.41, 5.74) is 2.31. The average Bonchev–Trinajstić information content (AvgIpc) is 1.23. The van der Waals surface area contributed by atoms with Crippen LogP contribution in [0.4, 0.5) is 35.1 Å². The van der Waals surface area contributed by atoms with Crippen LogP contribution in [0.3, 0.4) is 0 Å². The number of hydrogen-bond acceptors (Lipinski definition) is 24. The number of carbonyl (C=O) groups is 6. The maximum absolute atomic E-state index is 14.4. The highest BCUT2D eigenvalue weighted by Crippen LogP contribution is 2.44. The van der Waals surface area contributed by atoms with Crippen LogP contribution in [-0.2, 0) is 43.0 Å². The molecule has 0 saturated carbocycles. The summed E-state index contributed by atoms with van der Waals surface area (Å²) < 4.78 is 130. The Morgan fingerprint density at radius 1 is 0.473 bits per heavy atom. The maximum Gasteiger partial charge on any atom is 0.338 e. The Labute approximate surface area is 651 Å². The van der Waals surface area contributed by atoms with Crippen LogP contribution < -0.4 is 16.0 Å². The predicted octanol–water partition coefficient (Wildman–Crippen LogP) is 13.1. The van der Waals surface area contributed by atoms with E-state index in [0.29, 0.717) is 48.3 Å². The number of amidine groups is 3. The number of esters is 3. The molecule has 6 aliphatic rings. The number of carboxylic acids is 3. The number of thiazole rings is 3. The summed E-state index contributed by atoms with van der Waals surface area (Å²) in [6, 6.07) is 9.33. The van der Waals surface area contributed by atoms with E-state index < -0.39 is 140 Å². The van der Waals surface area contributed by atoms with Crippen molar-refractivity contribution < 1.29 is 93.4 Å². The van der Waals surface area contributed by atoms with Gasteiger partial charge in [-0.1, -0.05) is 65.1 Å². The number of aliphatic carboxylic acids is 3. The highest BCUT2D eigenvalue weighted by molar-refractivity contribution is 7.12. The van der Waals surface area contributed by atoms with Gasteiger partial charge in [0.25, 0.3) is 17.8 Å². The van der Waals surface area contributed by atoms with Crippen molar-refractivity contribution >= 4 is 122 Å². The molecule has 588 valence electrons. The molecule has 0 unspecified atom stereocenters. The van der Waals surface area contributed by atoms with E-state index in [1.165, 1.54) is 73.0 Å². The van der Waals surface area contributed by atoms with Gasteiger partial charge in [-0.3, -0.25) is 44.1 Å². The van der Waals surface area contributed by atoms with Gasteiger partial charge in [0.2, 0.25) is 0 Å². The second kappa shape index (κ2) is 37.0. The molecule has 0 radical (unpaired) electrons. The second-order valence-corrected chi connectivity index (χ2v) is 29.8. The van der Waals surface area contributed by atoms with Gasteiger partial charge in [0.1, 0.15) is 29.8 Å². The van der Waals surface area contributed by atoms with Gasteiger partial charge in [0.05, 0.1) is 56.2 Å². The molecule has 0 aliphatic carbocycles. The number of carboxylic acid groups (broad SMARTS) is 3. The second-order valence-electron chi connectivity index (χ2n) is 25.9. The normalized spacial score (nSPS) is 21.6. The third-order valence-electron chi connectivity index (χ3n) is 18.1. The van der Waals surface area contributed by atoms with E-state index in [1.807, 2.05) is 0 Å². The maximum atomic E-state index is 14.4. The Balaban J connectivity index is 0.000000176. The van der Waals surface area contributed by atoms with E-state index in [1.54, 1.807) is 79.8 Å². The van der Waals surface area contributed by atoms with Crippen LogP contribution in [0.1, 0.15) is 128 Å². The van der Waals surface area contributed by atoms with Crippen molar-refractivity contribution in [3.05, 3.63) is 188 Å². The molecule has 6 aromatic rings. The molecular formula is C72H73Cl3F8N12O12S3. The monoisotopic (exact) mass is 1650 g/mol. The lowest BCUT2D eigenvalue weighted by Gasteiger charge is -2.31. The fraction of sp³-hybridized carbons (Fsp3) is 0.417. The fourth-order valence-corrected chi connectivity index (χ4v) is 16.0. The Morgan fingerprint density at radius 3 is 1.04 bits per heavy atom. The predicted molar refractivity (Wildman–Crippen MR) is 394 cm³/mol. The summed E-state index contributed by atoms with van der Waals surface area (Å²) in [5, 5.41) is 43.7. The zero-order valence-corrected chi connectivity index (χ0v) is 63.6. The third kappa shape index (κ3) is 21.4. The summed E-state index contributed by atoms with van der Waals surface area (Å²) in [4.78, 5) is 104. The van der Waals surface area contributed by atoms with Crippen LogP contribution in [0.2, 0.25) is 15.1 Å². The lowest BCUT2D eigenvalue weighted by atomic mass is 9.95. The summed E-state index contributed by atoms with van der Waals surface area (Å²) >= 11 is 23.1. The zero-order valence-electron chi connectivity index (χ0n) is 58.9. The largest absolute Gasteiger partial charge is 0.481 e. The van der Waals surface area contributed by atoms with Crippen molar-refractivity contribution in [3.63, 3.8) is 0 Å². The smallest absolute Gasteiger partial charge is 0.338 e. The van der Waals surface area contributed by atoms with Crippen molar-refractivity contribution in [2.45, 2.75) is 133 Å². The minimum absolute atomic E-state index is 0.0214. The Morgan fingerprint density at radius 2 is 0.773 bits per heavy atom. The van der Waals surface area contributed by atoms with Gasteiger partial charge in [-0.2, -0.15) is 0 Å². The highest BCUT2D eigenvalue weighted by Gasteiger charge is 2.50. The molecule has 24 nitrogen and oxygen atoms in total. The van der Waals surface area contributed by atoms with Crippen LogP contribution in [0, 0.1) is 11.6 Å². The molecule has 6 N–H and O–H groups in total. The molecule has 9 heterocycles. The zero-order chi connectivity index (χ0) is 79.4. The summed E-state index contributed by atoms with van der Waals surface area (Å²) in [7, 11) is 0. The summed E-state index contributed by atoms with van der Waals surface area (Å²) in [6.45, 7) is 3.04. The average molecular weight is 1650 g/mol. The Kier molecular flexibility index (Phi) is 28.2. The van der Waals surface area contributed by atoms with Gasteiger partial charge in [0, 0.05) is 160 Å². The van der Waals surface area contributed by atoms with E-state index in [4.69, 9.17) is 69.3 Å². The molecule has 0 bridgehead atoms. The summed E-state index contributed by atoms with van der Waals surface area (Å²) in [6.07, 6.45) is 2.63. The highest BCUT2D eigenvalue weighted by atomic mass is 35.5. The van der Waals surface area contributed by atoms with Gasteiger partial charge in [0.15, 0.2) is 32.5 Å². The van der Waals surface area contributed by atoms with Crippen molar-refractivity contribution in [2.75, 3.05) is 59.1 Å². The molecule has 3 aromatic heterocycles. The number of halogens is 11. The van der Waals surface area contributed by atoms with Crippen LogP contribution in [-0.4, -0.2) is 193 Å². The van der Waals surface area contributed by atoms with Gasteiger partial charge in [-0.05, 0) is 70.4 Å². The van der Waals surface area contributed by atoms with Crippen LogP contribution in [0.25, 0.3) is 0 Å². The fourth-order valence-electron chi connectivity index (χ4n) is 13.5. The van der Waals surface area contributed by atoms with Gasteiger partial charge < -0.3 is 45.5 Å². The van der Waals surface area contributed by atoms with Crippen LogP contribution in [0.15, 0.2) is 144 Å². The number of alkyl halides is 6. The van der Waals surface area contributed by atoms with Crippen molar-refractivity contribution in [3.8, 4) is 0 Å². The Bertz CT molecular complexity index is 4370. The Hall–Kier alpha value is -8.81. The van der Waals surface area contributed by atoms with Crippen molar-refractivity contribution in [1.29, 1.82) is 0 Å². The van der Waals surface area contributed by atoms with E-state index >= 15 is 0 Å². The van der Waals surface area contributed by atoms with Crippen LogP contribution >= 0.6 is 68.8 Å². The number of nitrogens with zero attached hydrogens (tertiary/aromatic N) is 9. The number of nitrogens with one attached hydrogen (secondary N) is 3. The molecule has 0 spiro atoms. The number of benzene rings is 3. The molecule has 38 heteroatoms. The molecule has 6 aliphatic heterocycles. The van der Waals surface area contributed by atoms with E-state index in [0.717, 1.165) is 12.1 Å². The number of carbonyl (C=O) groups excluding carboxylic acids is 3. The quantitative estimate of drug-likeness (QED) is 0.0159. The van der Waals surface area contributed by atoms with Crippen molar-refractivity contribution in [2.24, 2.45) is 15.0 Å². The van der Waals surface area contributed by atoms with E-state index in [9.17, 15) is 63.9 Å². The van der Waals surface area contributed by atoms with E-state index in [2.05, 4.69) is 40.9 Å². The van der Waals surface area contributed by atoms with Crippen molar-refractivity contribution in [1.82, 2.24) is 45.6 Å². The first-order valence-corrected chi connectivity index (χ1v) is 38.2. The lowest BCUT2D eigenvalue weighted by Crippen LogP contribution is -2.41. The first kappa shape index (κ1) is 83.7. The molecule has 3 saturated heterocycles. The van der Waals surface area contributed by atoms with Crippen LogP contribution in [0.5, 0.6) is 0 Å². The number of aromatic nitrogens is 3. The minimum atomic E-state index is -3.02.